The van der Waals surface area contributed by atoms with Gasteiger partial charge in [-0.2, -0.15) is 0 Å². The van der Waals surface area contributed by atoms with Gasteiger partial charge in [-0.15, -0.1) is 5.10 Å². The monoisotopic (exact) mass is 486 g/mol. The minimum Gasteiger partial charge on any atom is -0.391 e. The van der Waals surface area contributed by atoms with Gasteiger partial charge >= 0.3 is 0 Å². The number of hydrogen-bond donors (Lipinski definition) is 2. The maximum Gasteiger partial charge on any atom is 0.248 e. The standard InChI is InChI=1S/C25H38N6O4/c1-6-15(7-2)19-11-18(35-28-19)12-26-23(33)21-10-17(32)13-30(21)24(34)22(25(3,4)5)31-14-20(27-29-31)16-8-9-16/h11,14-17,21-22,32H,6-10,12-13H2,1-5H3,(H,26,33)/t17?,21?,22-/m1/s1. The first-order chi connectivity index (χ1) is 16.6. The Bertz CT molecular complexity index is 1030. The van der Waals surface area contributed by atoms with Gasteiger partial charge in [0.2, 0.25) is 11.8 Å². The van der Waals surface area contributed by atoms with Gasteiger partial charge in [0.15, 0.2) is 5.76 Å². The van der Waals surface area contributed by atoms with Crippen molar-refractivity contribution in [2.75, 3.05) is 6.54 Å². The summed E-state index contributed by atoms with van der Waals surface area (Å²) in [6.45, 7) is 10.4. The van der Waals surface area contributed by atoms with Crippen LogP contribution >= 0.6 is 0 Å². The Morgan fingerprint density at radius 1 is 1.26 bits per heavy atom. The highest BCUT2D eigenvalue weighted by Crippen LogP contribution is 2.40. The number of aliphatic hydroxyl groups is 1. The highest BCUT2D eigenvalue weighted by atomic mass is 16.5. The van der Waals surface area contributed by atoms with Gasteiger partial charge < -0.3 is 19.8 Å². The molecule has 192 valence electrons. The average molecular weight is 487 g/mol. The number of nitrogens with one attached hydrogen (secondary N) is 1. The van der Waals surface area contributed by atoms with Crippen molar-refractivity contribution in [2.24, 2.45) is 5.41 Å². The molecule has 2 unspecified atom stereocenters. The lowest BCUT2D eigenvalue weighted by molar-refractivity contribution is -0.144. The predicted octanol–water partition coefficient (Wildman–Crippen LogP) is 2.91. The minimum absolute atomic E-state index is 0.106. The Hall–Kier alpha value is -2.75. The Morgan fingerprint density at radius 3 is 2.60 bits per heavy atom. The summed E-state index contributed by atoms with van der Waals surface area (Å²) in [6, 6.07) is 0.470. The van der Waals surface area contributed by atoms with Gasteiger partial charge in [-0.25, -0.2) is 4.68 Å². The van der Waals surface area contributed by atoms with E-state index in [1.807, 2.05) is 33.0 Å². The first-order valence-corrected chi connectivity index (χ1v) is 12.8. The number of β-amino-alcohol motifs (C(OH)–C–C–N with tert-alkyl or cyclic N) is 1. The van der Waals surface area contributed by atoms with Crippen LogP contribution in [0.25, 0.3) is 0 Å². The molecule has 2 fully saturated rings. The molecule has 0 bridgehead atoms. The number of aliphatic hydroxyl groups excluding tert-OH is 1. The summed E-state index contributed by atoms with van der Waals surface area (Å²) >= 11 is 0. The van der Waals surface area contributed by atoms with E-state index < -0.39 is 23.6 Å². The molecule has 0 aromatic carbocycles. The van der Waals surface area contributed by atoms with E-state index in [0.717, 1.165) is 37.1 Å². The molecule has 3 atom stereocenters. The average Bonchev–Trinajstić information content (AvgIpc) is 3.18. The van der Waals surface area contributed by atoms with Crippen LogP contribution in [0.15, 0.2) is 16.8 Å². The van der Waals surface area contributed by atoms with Gasteiger partial charge in [0.1, 0.15) is 12.1 Å². The number of carbonyl (C=O) groups excluding carboxylic acids is 2. The molecule has 2 amide bonds. The lowest BCUT2D eigenvalue weighted by Gasteiger charge is -2.34. The van der Waals surface area contributed by atoms with Crippen LogP contribution in [0, 0.1) is 5.41 Å². The molecule has 2 N–H and O–H groups in total. The number of aromatic nitrogens is 4. The quantitative estimate of drug-likeness (QED) is 0.558. The van der Waals surface area contributed by atoms with Gasteiger partial charge in [0, 0.05) is 37.1 Å². The third-order valence-corrected chi connectivity index (χ3v) is 7.13. The smallest absolute Gasteiger partial charge is 0.248 e. The second kappa shape index (κ2) is 10.1. The minimum atomic E-state index is -0.768. The van der Waals surface area contributed by atoms with Crippen LogP contribution in [0.3, 0.4) is 0 Å². The maximum atomic E-state index is 13.8. The second-order valence-electron chi connectivity index (χ2n) is 11.0. The molecule has 2 aromatic rings. The van der Waals surface area contributed by atoms with Crippen molar-refractivity contribution in [3.8, 4) is 0 Å². The Labute approximate surface area is 206 Å². The van der Waals surface area contributed by atoms with E-state index in [1.54, 1.807) is 4.68 Å². The topological polar surface area (TPSA) is 126 Å². The van der Waals surface area contributed by atoms with Crippen molar-refractivity contribution in [3.63, 3.8) is 0 Å². The number of carbonyl (C=O) groups is 2. The zero-order chi connectivity index (χ0) is 25.3. The normalized spacial score (nSPS) is 21.5. The van der Waals surface area contributed by atoms with Crippen molar-refractivity contribution < 1.29 is 19.2 Å². The van der Waals surface area contributed by atoms with Crippen LogP contribution in [0.1, 0.15) is 102 Å². The molecule has 10 heteroatoms. The maximum absolute atomic E-state index is 13.8. The van der Waals surface area contributed by atoms with Crippen molar-refractivity contribution >= 4 is 11.8 Å². The van der Waals surface area contributed by atoms with Gasteiger partial charge in [0.05, 0.1) is 24.0 Å². The molecule has 1 aliphatic heterocycles. The van der Waals surface area contributed by atoms with Crippen LogP contribution < -0.4 is 5.32 Å². The molecule has 35 heavy (non-hydrogen) atoms. The second-order valence-corrected chi connectivity index (χ2v) is 11.0. The van der Waals surface area contributed by atoms with Crippen molar-refractivity contribution in [2.45, 2.75) is 103 Å². The highest BCUT2D eigenvalue weighted by Gasteiger charge is 2.45. The molecule has 1 saturated carbocycles. The van der Waals surface area contributed by atoms with E-state index in [-0.39, 0.29) is 31.3 Å². The number of nitrogens with zero attached hydrogens (tertiary/aromatic N) is 5. The molecule has 0 spiro atoms. The number of hydrogen-bond acceptors (Lipinski definition) is 7. The molecule has 1 aliphatic carbocycles. The van der Waals surface area contributed by atoms with E-state index >= 15 is 0 Å². The highest BCUT2D eigenvalue weighted by molar-refractivity contribution is 5.90. The molecular weight excluding hydrogens is 448 g/mol. The SMILES string of the molecule is CCC(CC)c1cc(CNC(=O)C2CC(O)CN2C(=O)[C@@H](n2cc(C3CC3)nn2)C(C)(C)C)on1. The largest absolute Gasteiger partial charge is 0.391 e. The Balaban J connectivity index is 1.46. The summed E-state index contributed by atoms with van der Waals surface area (Å²) in [5.41, 5.74) is 1.33. The Kier molecular flexibility index (Phi) is 7.30. The fraction of sp³-hybridized carbons (Fsp3) is 0.720. The number of amides is 2. The van der Waals surface area contributed by atoms with Crippen LogP contribution in [0.4, 0.5) is 0 Å². The predicted molar refractivity (Wildman–Crippen MR) is 128 cm³/mol. The van der Waals surface area contributed by atoms with Gasteiger partial charge in [-0.1, -0.05) is 45.0 Å². The van der Waals surface area contributed by atoms with Gasteiger partial charge in [-0.05, 0) is 31.1 Å². The summed E-state index contributed by atoms with van der Waals surface area (Å²) in [6.07, 6.45) is 5.40. The molecule has 2 aromatic heterocycles. The fourth-order valence-electron chi connectivity index (χ4n) is 4.93. The molecular formula is C25H38N6O4. The van der Waals surface area contributed by atoms with Crippen molar-refractivity contribution in [1.82, 2.24) is 30.4 Å². The van der Waals surface area contributed by atoms with E-state index in [4.69, 9.17) is 4.52 Å². The van der Waals surface area contributed by atoms with E-state index in [9.17, 15) is 14.7 Å². The summed E-state index contributed by atoms with van der Waals surface area (Å²) in [5.74, 6) is 0.762. The molecule has 0 radical (unpaired) electrons. The number of rotatable bonds is 9. The zero-order valence-corrected chi connectivity index (χ0v) is 21.4. The first kappa shape index (κ1) is 25.3. The Morgan fingerprint density at radius 2 is 1.97 bits per heavy atom. The molecule has 4 rings (SSSR count). The summed E-state index contributed by atoms with van der Waals surface area (Å²) in [5, 5.41) is 25.9. The number of likely N-dealkylation sites (tertiary alicyclic amines) is 1. The lowest BCUT2D eigenvalue weighted by atomic mass is 9.85. The summed E-state index contributed by atoms with van der Waals surface area (Å²) in [7, 11) is 0. The zero-order valence-electron chi connectivity index (χ0n) is 21.4. The molecule has 3 heterocycles. The fourth-order valence-corrected chi connectivity index (χ4v) is 4.93. The van der Waals surface area contributed by atoms with Crippen LogP contribution in [-0.2, 0) is 16.1 Å². The van der Waals surface area contributed by atoms with Crippen LogP contribution in [0.5, 0.6) is 0 Å². The molecule has 2 aliphatic rings. The third-order valence-electron chi connectivity index (χ3n) is 7.13. The van der Waals surface area contributed by atoms with Crippen LogP contribution in [-0.4, -0.2) is 60.7 Å². The summed E-state index contributed by atoms with van der Waals surface area (Å²) < 4.78 is 7.04. The van der Waals surface area contributed by atoms with E-state index in [2.05, 4.69) is 34.6 Å². The van der Waals surface area contributed by atoms with E-state index in [0.29, 0.717) is 17.6 Å². The van der Waals surface area contributed by atoms with Crippen LogP contribution in [0.2, 0.25) is 0 Å². The van der Waals surface area contributed by atoms with Crippen molar-refractivity contribution in [1.29, 1.82) is 0 Å². The van der Waals surface area contributed by atoms with Gasteiger partial charge in [0.25, 0.3) is 0 Å². The lowest BCUT2D eigenvalue weighted by Crippen LogP contribution is -2.50. The molecule has 1 saturated heterocycles. The first-order valence-electron chi connectivity index (χ1n) is 12.8. The summed E-state index contributed by atoms with van der Waals surface area (Å²) in [4.78, 5) is 28.4. The third kappa shape index (κ3) is 5.58. The van der Waals surface area contributed by atoms with E-state index in [1.165, 1.54) is 4.90 Å². The van der Waals surface area contributed by atoms with Crippen molar-refractivity contribution in [3.05, 3.63) is 29.4 Å². The molecule has 10 nitrogen and oxygen atoms in total. The van der Waals surface area contributed by atoms with Gasteiger partial charge in [-0.3, -0.25) is 9.59 Å².